The van der Waals surface area contributed by atoms with Crippen LogP contribution in [0.5, 0.6) is 5.75 Å². The van der Waals surface area contributed by atoms with E-state index < -0.39 is 10.3 Å². The second-order valence-electron chi connectivity index (χ2n) is 5.56. The van der Waals surface area contributed by atoms with E-state index in [1.54, 1.807) is 39.0 Å². The molecule has 1 aromatic rings. The highest BCUT2D eigenvalue weighted by atomic mass is 79.9. The van der Waals surface area contributed by atoms with Crippen molar-refractivity contribution in [2.24, 2.45) is 0 Å². The highest BCUT2D eigenvalue weighted by Crippen LogP contribution is 2.26. The molecule has 0 aliphatic carbocycles. The molecule has 1 rings (SSSR count). The molecule has 0 saturated carbocycles. The number of alkyl halides is 1. The molecule has 128 valence electrons. The standard InChI is InChI=1S/C17H24BrNO4/c1-5-7-10-23-14-9-8-12(19-16(21)17(3,4)18)11-13(14)15(20)22-6-2/h8-9,11H,5-7,10H2,1-4H3,(H,19,21). The van der Waals surface area contributed by atoms with Crippen LogP contribution in [0.4, 0.5) is 5.69 Å². The summed E-state index contributed by atoms with van der Waals surface area (Å²) >= 11 is 3.30. The third-order valence-electron chi connectivity index (χ3n) is 3.03. The van der Waals surface area contributed by atoms with E-state index in [1.807, 2.05) is 0 Å². The minimum absolute atomic E-state index is 0.202. The SMILES string of the molecule is CCCCOc1ccc(NC(=O)C(C)(C)Br)cc1C(=O)OCC. The maximum atomic E-state index is 12.1. The molecule has 0 fully saturated rings. The van der Waals surface area contributed by atoms with E-state index in [4.69, 9.17) is 9.47 Å². The van der Waals surface area contributed by atoms with Gasteiger partial charge in [-0.25, -0.2) is 4.79 Å². The van der Waals surface area contributed by atoms with E-state index in [-0.39, 0.29) is 12.5 Å². The number of carbonyl (C=O) groups excluding carboxylic acids is 2. The number of unbranched alkanes of at least 4 members (excludes halogenated alkanes) is 1. The fraction of sp³-hybridized carbons (Fsp3) is 0.529. The molecule has 6 heteroatoms. The van der Waals surface area contributed by atoms with E-state index in [9.17, 15) is 9.59 Å². The summed E-state index contributed by atoms with van der Waals surface area (Å²) in [7, 11) is 0. The van der Waals surface area contributed by atoms with Gasteiger partial charge >= 0.3 is 5.97 Å². The topological polar surface area (TPSA) is 64.6 Å². The molecule has 0 atom stereocenters. The van der Waals surface area contributed by atoms with E-state index in [2.05, 4.69) is 28.2 Å². The van der Waals surface area contributed by atoms with E-state index in [0.717, 1.165) is 12.8 Å². The van der Waals surface area contributed by atoms with Gasteiger partial charge in [0.25, 0.3) is 0 Å². The van der Waals surface area contributed by atoms with Crippen molar-refractivity contribution in [2.75, 3.05) is 18.5 Å². The molecular formula is C17H24BrNO4. The number of nitrogens with one attached hydrogen (secondary N) is 1. The second kappa shape index (κ2) is 8.91. The zero-order chi connectivity index (χ0) is 17.5. The maximum Gasteiger partial charge on any atom is 0.341 e. The van der Waals surface area contributed by atoms with Gasteiger partial charge < -0.3 is 14.8 Å². The first-order valence-electron chi connectivity index (χ1n) is 7.74. The van der Waals surface area contributed by atoms with Gasteiger partial charge in [-0.05, 0) is 45.4 Å². The third kappa shape index (κ3) is 6.22. The lowest BCUT2D eigenvalue weighted by Crippen LogP contribution is -2.31. The number of rotatable bonds is 8. The number of amides is 1. The Labute approximate surface area is 145 Å². The van der Waals surface area contributed by atoms with Crippen molar-refractivity contribution in [3.8, 4) is 5.75 Å². The van der Waals surface area contributed by atoms with Crippen LogP contribution in [0.3, 0.4) is 0 Å². The normalized spacial score (nSPS) is 11.0. The lowest BCUT2D eigenvalue weighted by Gasteiger charge is -2.17. The molecule has 0 heterocycles. The van der Waals surface area contributed by atoms with Gasteiger partial charge in [-0.1, -0.05) is 29.3 Å². The third-order valence-corrected chi connectivity index (χ3v) is 3.39. The molecule has 23 heavy (non-hydrogen) atoms. The maximum absolute atomic E-state index is 12.1. The Hall–Kier alpha value is -1.56. The number of esters is 1. The average molecular weight is 386 g/mol. The van der Waals surface area contributed by atoms with E-state index >= 15 is 0 Å². The fourth-order valence-electron chi connectivity index (χ4n) is 1.71. The Kier molecular flexibility index (Phi) is 7.55. The van der Waals surface area contributed by atoms with Gasteiger partial charge in [-0.2, -0.15) is 0 Å². The van der Waals surface area contributed by atoms with Gasteiger partial charge in [0.1, 0.15) is 11.3 Å². The van der Waals surface area contributed by atoms with Gasteiger partial charge in [0.05, 0.1) is 17.5 Å². The molecule has 0 aromatic heterocycles. The molecule has 1 N–H and O–H groups in total. The number of benzene rings is 1. The molecule has 0 radical (unpaired) electrons. The monoisotopic (exact) mass is 385 g/mol. The summed E-state index contributed by atoms with van der Waals surface area (Å²) in [5, 5.41) is 2.76. The van der Waals surface area contributed by atoms with Gasteiger partial charge in [-0.15, -0.1) is 0 Å². The van der Waals surface area contributed by atoms with Crippen LogP contribution in [-0.2, 0) is 9.53 Å². The quantitative estimate of drug-likeness (QED) is 0.414. The zero-order valence-corrected chi connectivity index (χ0v) is 15.7. The Morgan fingerprint density at radius 1 is 1.26 bits per heavy atom. The highest BCUT2D eigenvalue weighted by Gasteiger charge is 2.24. The molecule has 0 spiro atoms. The highest BCUT2D eigenvalue weighted by molar-refractivity contribution is 9.10. The largest absolute Gasteiger partial charge is 0.493 e. The summed E-state index contributed by atoms with van der Waals surface area (Å²) in [4.78, 5) is 24.1. The summed E-state index contributed by atoms with van der Waals surface area (Å²) in [5.41, 5.74) is 0.835. The lowest BCUT2D eigenvalue weighted by atomic mass is 10.1. The number of ether oxygens (including phenoxy) is 2. The molecule has 0 bridgehead atoms. The number of halogens is 1. The van der Waals surface area contributed by atoms with Crippen LogP contribution in [-0.4, -0.2) is 29.4 Å². The molecular weight excluding hydrogens is 362 g/mol. The van der Waals surface area contributed by atoms with Crippen molar-refractivity contribution in [1.82, 2.24) is 0 Å². The number of anilines is 1. The van der Waals surface area contributed by atoms with E-state index in [1.165, 1.54) is 0 Å². The van der Waals surface area contributed by atoms with Crippen molar-refractivity contribution < 1.29 is 19.1 Å². The predicted molar refractivity (Wildman–Crippen MR) is 94.4 cm³/mol. The Balaban J connectivity index is 3.01. The van der Waals surface area contributed by atoms with Gasteiger partial charge in [0.2, 0.25) is 5.91 Å². The van der Waals surface area contributed by atoms with Crippen molar-refractivity contribution in [1.29, 1.82) is 0 Å². The molecule has 0 unspecified atom stereocenters. The van der Waals surface area contributed by atoms with Crippen LogP contribution in [0.25, 0.3) is 0 Å². The molecule has 0 saturated heterocycles. The predicted octanol–water partition coefficient (Wildman–Crippen LogP) is 4.15. The minimum atomic E-state index is -0.701. The molecule has 1 amide bonds. The van der Waals surface area contributed by atoms with Gasteiger partial charge in [0.15, 0.2) is 0 Å². The van der Waals surface area contributed by atoms with Crippen LogP contribution >= 0.6 is 15.9 Å². The molecule has 5 nitrogen and oxygen atoms in total. The average Bonchev–Trinajstić information content (AvgIpc) is 2.48. The second-order valence-corrected chi connectivity index (χ2v) is 7.54. The minimum Gasteiger partial charge on any atom is -0.493 e. The smallest absolute Gasteiger partial charge is 0.341 e. The zero-order valence-electron chi connectivity index (χ0n) is 14.1. The first-order chi connectivity index (χ1) is 10.8. The number of hydrogen-bond donors (Lipinski definition) is 1. The summed E-state index contributed by atoms with van der Waals surface area (Å²) in [5.74, 6) is -0.201. The molecule has 0 aliphatic rings. The first kappa shape index (κ1) is 19.5. The molecule has 1 aromatic carbocycles. The lowest BCUT2D eigenvalue weighted by molar-refractivity contribution is -0.117. The van der Waals surface area contributed by atoms with Crippen LogP contribution in [0, 0.1) is 0 Å². The van der Waals surface area contributed by atoms with Crippen LogP contribution in [0.15, 0.2) is 18.2 Å². The van der Waals surface area contributed by atoms with Gasteiger partial charge in [-0.3, -0.25) is 4.79 Å². The van der Waals surface area contributed by atoms with Crippen molar-refractivity contribution in [3.05, 3.63) is 23.8 Å². The Morgan fingerprint density at radius 2 is 1.96 bits per heavy atom. The summed E-state index contributed by atoms with van der Waals surface area (Å²) in [6, 6.07) is 4.97. The van der Waals surface area contributed by atoms with Crippen molar-refractivity contribution >= 4 is 33.5 Å². The number of hydrogen-bond acceptors (Lipinski definition) is 4. The number of carbonyl (C=O) groups is 2. The van der Waals surface area contributed by atoms with Crippen LogP contribution < -0.4 is 10.1 Å². The van der Waals surface area contributed by atoms with Crippen LogP contribution in [0.2, 0.25) is 0 Å². The Morgan fingerprint density at radius 3 is 2.52 bits per heavy atom. The van der Waals surface area contributed by atoms with Gasteiger partial charge in [0, 0.05) is 5.69 Å². The van der Waals surface area contributed by atoms with Crippen LogP contribution in [0.1, 0.15) is 50.9 Å². The van der Waals surface area contributed by atoms with Crippen molar-refractivity contribution in [2.45, 2.75) is 44.9 Å². The molecule has 0 aliphatic heterocycles. The Bertz CT molecular complexity index is 552. The van der Waals surface area contributed by atoms with Crippen molar-refractivity contribution in [3.63, 3.8) is 0 Å². The van der Waals surface area contributed by atoms with E-state index in [0.29, 0.717) is 23.6 Å². The fourth-order valence-corrected chi connectivity index (χ4v) is 1.81. The first-order valence-corrected chi connectivity index (χ1v) is 8.53. The summed E-state index contributed by atoms with van der Waals surface area (Å²) in [6.07, 6.45) is 1.90. The summed E-state index contributed by atoms with van der Waals surface area (Å²) < 4.78 is 10.0. The summed E-state index contributed by atoms with van der Waals surface area (Å²) in [6.45, 7) is 8.11.